The molecule has 3 N–H and O–H groups in total. The molecule has 1 aromatic carbocycles. The maximum Gasteiger partial charge on any atom is 0.143 e. The molecule has 0 radical (unpaired) electrons. The van der Waals surface area contributed by atoms with Crippen molar-refractivity contribution >= 4 is 11.8 Å². The van der Waals surface area contributed by atoms with Crippen LogP contribution >= 0.6 is 11.8 Å². The lowest BCUT2D eigenvalue weighted by Gasteiger charge is -2.08. The summed E-state index contributed by atoms with van der Waals surface area (Å²) in [6.45, 7) is 0.634. The van der Waals surface area contributed by atoms with Crippen LogP contribution in [0.4, 0.5) is 4.39 Å². The molecule has 0 fully saturated rings. The quantitative estimate of drug-likeness (QED) is 0.602. The van der Waals surface area contributed by atoms with Crippen molar-refractivity contribution in [2.75, 3.05) is 12.8 Å². The van der Waals surface area contributed by atoms with E-state index >= 15 is 0 Å². The van der Waals surface area contributed by atoms with Crippen molar-refractivity contribution in [1.29, 1.82) is 0 Å². The molecule has 0 aliphatic carbocycles. The Hall–Kier alpha value is -0.740. The van der Waals surface area contributed by atoms with Crippen LogP contribution in [0.1, 0.15) is 18.4 Å². The van der Waals surface area contributed by atoms with E-state index in [1.165, 1.54) is 11.8 Å². The van der Waals surface area contributed by atoms with E-state index in [9.17, 15) is 9.50 Å². The molecule has 0 aliphatic heterocycles. The SMILES string of the molecule is CSc1c(O)ccc(CCCCN)c1F. The lowest BCUT2D eigenvalue weighted by Crippen LogP contribution is -2.00. The Morgan fingerprint density at radius 2 is 2.13 bits per heavy atom. The molecule has 0 atom stereocenters. The third-order valence-electron chi connectivity index (χ3n) is 2.26. The van der Waals surface area contributed by atoms with Crippen LogP contribution in [0.3, 0.4) is 0 Å². The number of phenolic OH excluding ortho intramolecular Hbond substituents is 1. The molecule has 0 aliphatic rings. The Morgan fingerprint density at radius 1 is 1.40 bits per heavy atom. The minimum Gasteiger partial charge on any atom is -0.507 e. The maximum atomic E-state index is 13.7. The van der Waals surface area contributed by atoms with E-state index in [-0.39, 0.29) is 11.6 Å². The minimum atomic E-state index is -0.292. The normalized spacial score (nSPS) is 10.6. The number of hydrogen-bond donors (Lipinski definition) is 2. The fourth-order valence-corrected chi connectivity index (χ4v) is 2.02. The summed E-state index contributed by atoms with van der Waals surface area (Å²) in [5.74, 6) is -0.276. The van der Waals surface area contributed by atoms with Gasteiger partial charge in [0.15, 0.2) is 0 Å². The number of halogens is 1. The highest BCUT2D eigenvalue weighted by Crippen LogP contribution is 2.31. The maximum absolute atomic E-state index is 13.7. The highest BCUT2D eigenvalue weighted by Gasteiger charge is 2.11. The zero-order valence-electron chi connectivity index (χ0n) is 8.79. The fraction of sp³-hybridized carbons (Fsp3) is 0.455. The zero-order chi connectivity index (χ0) is 11.3. The van der Waals surface area contributed by atoms with Gasteiger partial charge in [0.1, 0.15) is 11.6 Å². The molecule has 2 nitrogen and oxygen atoms in total. The Bertz CT molecular complexity index is 331. The average Bonchev–Trinajstić information content (AvgIpc) is 2.22. The standard InChI is InChI=1S/C11H16FNOS/c1-15-11-9(14)6-5-8(10(11)12)4-2-3-7-13/h5-6,14H,2-4,7,13H2,1H3. The van der Waals surface area contributed by atoms with Gasteiger partial charge in [-0.2, -0.15) is 0 Å². The van der Waals surface area contributed by atoms with Crippen LogP contribution in [-0.4, -0.2) is 17.9 Å². The van der Waals surface area contributed by atoms with Crippen molar-refractivity contribution in [3.05, 3.63) is 23.5 Å². The molecule has 1 rings (SSSR count). The minimum absolute atomic E-state index is 0.0163. The largest absolute Gasteiger partial charge is 0.507 e. The molecule has 0 aromatic heterocycles. The number of rotatable bonds is 5. The summed E-state index contributed by atoms with van der Waals surface area (Å²) in [4.78, 5) is 0.334. The van der Waals surface area contributed by atoms with Gasteiger partial charge in [-0.15, -0.1) is 11.8 Å². The summed E-state index contributed by atoms with van der Waals surface area (Å²) in [5.41, 5.74) is 6.03. The van der Waals surface area contributed by atoms with Crippen LogP contribution < -0.4 is 5.73 Å². The molecule has 0 bridgehead atoms. The molecule has 0 spiro atoms. The molecule has 84 valence electrons. The fourth-order valence-electron chi connectivity index (χ4n) is 1.43. The summed E-state index contributed by atoms with van der Waals surface area (Å²) in [6.07, 6.45) is 4.21. The Balaban J connectivity index is 2.80. The Labute approximate surface area is 93.7 Å². The first-order chi connectivity index (χ1) is 7.20. The summed E-state index contributed by atoms with van der Waals surface area (Å²) in [5, 5.41) is 9.41. The Kier molecular flexibility index (Phi) is 4.91. The van der Waals surface area contributed by atoms with Gasteiger partial charge in [0, 0.05) is 0 Å². The average molecular weight is 229 g/mol. The van der Waals surface area contributed by atoms with Crippen molar-refractivity contribution < 1.29 is 9.50 Å². The van der Waals surface area contributed by atoms with Gasteiger partial charge in [-0.3, -0.25) is 0 Å². The third-order valence-corrected chi connectivity index (χ3v) is 3.06. The van der Waals surface area contributed by atoms with Crippen LogP contribution in [0, 0.1) is 5.82 Å². The first-order valence-corrected chi connectivity index (χ1v) is 6.17. The summed E-state index contributed by atoms with van der Waals surface area (Å²) < 4.78 is 13.7. The van der Waals surface area contributed by atoms with E-state index in [1.807, 2.05) is 0 Å². The molecule has 0 amide bonds. The van der Waals surface area contributed by atoms with Gasteiger partial charge >= 0.3 is 0 Å². The van der Waals surface area contributed by atoms with Crippen LogP contribution in [-0.2, 0) is 6.42 Å². The van der Waals surface area contributed by atoms with Crippen molar-refractivity contribution in [1.82, 2.24) is 0 Å². The molecule has 0 saturated heterocycles. The molecule has 4 heteroatoms. The molecule has 15 heavy (non-hydrogen) atoms. The number of benzene rings is 1. The molecular formula is C11H16FNOS. The molecule has 0 heterocycles. The topological polar surface area (TPSA) is 46.2 Å². The van der Waals surface area contributed by atoms with E-state index in [0.29, 0.717) is 23.4 Å². The highest BCUT2D eigenvalue weighted by molar-refractivity contribution is 7.98. The van der Waals surface area contributed by atoms with Crippen molar-refractivity contribution in [2.45, 2.75) is 24.2 Å². The Morgan fingerprint density at radius 3 is 2.73 bits per heavy atom. The number of nitrogens with two attached hydrogens (primary N) is 1. The molecule has 0 saturated carbocycles. The van der Waals surface area contributed by atoms with E-state index < -0.39 is 0 Å². The van der Waals surface area contributed by atoms with Crippen LogP contribution in [0.5, 0.6) is 5.75 Å². The highest BCUT2D eigenvalue weighted by atomic mass is 32.2. The van der Waals surface area contributed by atoms with E-state index in [4.69, 9.17) is 5.73 Å². The second-order valence-corrected chi connectivity index (χ2v) is 4.15. The number of aromatic hydroxyl groups is 1. The predicted octanol–water partition coefficient (Wildman–Crippen LogP) is 2.53. The molecule has 1 aromatic rings. The van der Waals surface area contributed by atoms with Gasteiger partial charge in [0.2, 0.25) is 0 Å². The van der Waals surface area contributed by atoms with Gasteiger partial charge in [-0.05, 0) is 43.7 Å². The summed E-state index contributed by atoms with van der Waals surface area (Å²) >= 11 is 1.23. The predicted molar refractivity (Wildman–Crippen MR) is 61.8 cm³/mol. The van der Waals surface area contributed by atoms with E-state index in [2.05, 4.69) is 0 Å². The third kappa shape index (κ3) is 3.11. The number of hydrogen-bond acceptors (Lipinski definition) is 3. The summed E-state index contributed by atoms with van der Waals surface area (Å²) in [6, 6.07) is 3.19. The van der Waals surface area contributed by atoms with Crippen molar-refractivity contribution in [2.24, 2.45) is 5.73 Å². The van der Waals surface area contributed by atoms with Crippen LogP contribution in [0.25, 0.3) is 0 Å². The van der Waals surface area contributed by atoms with Gasteiger partial charge in [0.25, 0.3) is 0 Å². The van der Waals surface area contributed by atoms with E-state index in [1.54, 1.807) is 18.4 Å². The van der Waals surface area contributed by atoms with Crippen molar-refractivity contribution in [3.63, 3.8) is 0 Å². The monoisotopic (exact) mass is 229 g/mol. The zero-order valence-corrected chi connectivity index (χ0v) is 9.61. The molecule has 0 unspecified atom stereocenters. The van der Waals surface area contributed by atoms with E-state index in [0.717, 1.165) is 12.8 Å². The second kappa shape index (κ2) is 5.98. The van der Waals surface area contributed by atoms with Crippen LogP contribution in [0.2, 0.25) is 0 Å². The number of thioether (sulfide) groups is 1. The number of aryl methyl sites for hydroxylation is 1. The van der Waals surface area contributed by atoms with Gasteiger partial charge < -0.3 is 10.8 Å². The first-order valence-electron chi connectivity index (χ1n) is 4.95. The lowest BCUT2D eigenvalue weighted by atomic mass is 10.1. The smallest absolute Gasteiger partial charge is 0.143 e. The van der Waals surface area contributed by atoms with Gasteiger partial charge in [-0.1, -0.05) is 6.07 Å². The van der Waals surface area contributed by atoms with Gasteiger partial charge in [0.05, 0.1) is 4.90 Å². The number of unbranched alkanes of at least 4 members (excludes halogenated alkanes) is 1. The lowest BCUT2D eigenvalue weighted by molar-refractivity contribution is 0.447. The van der Waals surface area contributed by atoms with Crippen molar-refractivity contribution in [3.8, 4) is 5.75 Å². The first kappa shape index (κ1) is 12.3. The summed E-state index contributed by atoms with van der Waals surface area (Å²) in [7, 11) is 0. The van der Waals surface area contributed by atoms with Gasteiger partial charge in [-0.25, -0.2) is 4.39 Å². The van der Waals surface area contributed by atoms with Crippen LogP contribution in [0.15, 0.2) is 17.0 Å². The second-order valence-electron chi connectivity index (χ2n) is 3.34. The molecular weight excluding hydrogens is 213 g/mol. The number of phenols is 1.